The van der Waals surface area contributed by atoms with Gasteiger partial charge in [-0.2, -0.15) is 0 Å². The van der Waals surface area contributed by atoms with Crippen LogP contribution < -0.4 is 10.6 Å². The first-order valence-corrected chi connectivity index (χ1v) is 14.5. The molecule has 4 rings (SSSR count). The molecule has 2 aliphatic heterocycles. The van der Waals surface area contributed by atoms with Crippen molar-refractivity contribution in [3.63, 3.8) is 0 Å². The number of allylic oxidation sites excluding steroid dienone is 6. The summed E-state index contributed by atoms with van der Waals surface area (Å²) in [5.41, 5.74) is 7.72. The number of rotatable bonds is 9. The number of amides is 3. The third kappa shape index (κ3) is 7.04. The molecule has 3 heterocycles. The molecule has 2 aliphatic rings. The van der Waals surface area contributed by atoms with Crippen LogP contribution in [0.5, 0.6) is 0 Å². The molecule has 1 aromatic carbocycles. The molecule has 0 atom stereocenters. The second kappa shape index (κ2) is 13.5. The van der Waals surface area contributed by atoms with Crippen LogP contribution in [0.2, 0.25) is 0 Å². The van der Waals surface area contributed by atoms with Gasteiger partial charge in [-0.05, 0) is 81.8 Å². The van der Waals surface area contributed by atoms with Crippen molar-refractivity contribution in [3.05, 3.63) is 112 Å². The Kier molecular flexibility index (Phi) is 9.83. The van der Waals surface area contributed by atoms with Crippen molar-refractivity contribution in [3.8, 4) is 0 Å². The van der Waals surface area contributed by atoms with E-state index in [1.165, 1.54) is 0 Å². The molecular weight excluding hydrogens is 538 g/mol. The van der Waals surface area contributed by atoms with Gasteiger partial charge in [0.25, 0.3) is 17.7 Å². The summed E-state index contributed by atoms with van der Waals surface area (Å²) in [5.74, 6) is -0.529. The second-order valence-electron chi connectivity index (χ2n) is 11.1. The molecule has 8 nitrogen and oxygen atoms in total. The van der Waals surface area contributed by atoms with Crippen LogP contribution in [0.1, 0.15) is 57.1 Å². The van der Waals surface area contributed by atoms with Gasteiger partial charge in [0.05, 0.1) is 11.1 Å². The Bertz CT molecular complexity index is 1590. The number of fused-ring (bicyclic) bond motifs is 1. The minimum absolute atomic E-state index is 0.000125. The van der Waals surface area contributed by atoms with E-state index in [1.807, 2.05) is 56.9 Å². The fraction of sp³-hybridized carbons (Fsp3) is 0.286. The van der Waals surface area contributed by atoms with Crippen LogP contribution in [0.3, 0.4) is 0 Å². The van der Waals surface area contributed by atoms with Crippen molar-refractivity contribution in [1.82, 2.24) is 20.1 Å². The molecule has 2 aromatic rings. The molecule has 0 saturated carbocycles. The maximum Gasteiger partial charge on any atom is 0.256 e. The summed E-state index contributed by atoms with van der Waals surface area (Å²) in [6.07, 6.45) is 11.3. The monoisotopic (exact) mass is 579 g/mol. The Morgan fingerprint density at radius 1 is 1.14 bits per heavy atom. The van der Waals surface area contributed by atoms with Gasteiger partial charge in [-0.1, -0.05) is 43.0 Å². The molecule has 0 aliphatic carbocycles. The van der Waals surface area contributed by atoms with Crippen LogP contribution in [0.4, 0.5) is 5.69 Å². The van der Waals surface area contributed by atoms with Gasteiger partial charge in [0.2, 0.25) is 0 Å². The number of hydrogen-bond acceptors (Lipinski definition) is 4. The Balaban J connectivity index is 1.56. The number of carbonyl (C=O) groups is 3. The number of anilines is 1. The predicted octanol–water partition coefficient (Wildman–Crippen LogP) is 5.43. The molecule has 43 heavy (non-hydrogen) atoms. The van der Waals surface area contributed by atoms with E-state index in [9.17, 15) is 14.4 Å². The summed E-state index contributed by atoms with van der Waals surface area (Å²) in [7, 11) is 2.05. The SMILES string of the molecule is C=C\C(=C/C(=C/C=C\C)C(=C)C)CNC(=O)c1ccc2c(c1)/C(=C/c1[nH]c(C)c(C(=O)N3CCN(C)CC3)c1C)C(=O)N2. The summed E-state index contributed by atoms with van der Waals surface area (Å²) >= 11 is 0. The van der Waals surface area contributed by atoms with Crippen molar-refractivity contribution in [1.29, 1.82) is 0 Å². The molecule has 0 spiro atoms. The lowest BCUT2D eigenvalue weighted by Gasteiger charge is -2.32. The van der Waals surface area contributed by atoms with Crippen LogP contribution in [0.15, 0.2) is 78.5 Å². The van der Waals surface area contributed by atoms with E-state index in [0.29, 0.717) is 46.7 Å². The molecule has 0 radical (unpaired) electrons. The first-order chi connectivity index (χ1) is 20.5. The van der Waals surface area contributed by atoms with E-state index in [4.69, 9.17) is 0 Å². The smallest absolute Gasteiger partial charge is 0.256 e. The normalized spacial score (nSPS) is 16.9. The zero-order chi connectivity index (χ0) is 31.3. The lowest BCUT2D eigenvalue weighted by molar-refractivity contribution is -0.110. The Hall–Kier alpha value is -4.69. The molecule has 224 valence electrons. The van der Waals surface area contributed by atoms with Gasteiger partial charge in [0.1, 0.15) is 0 Å². The highest BCUT2D eigenvalue weighted by molar-refractivity contribution is 6.35. The fourth-order valence-electron chi connectivity index (χ4n) is 5.20. The molecule has 0 unspecified atom stereocenters. The highest BCUT2D eigenvalue weighted by Crippen LogP contribution is 2.35. The highest BCUT2D eigenvalue weighted by Gasteiger charge is 2.28. The van der Waals surface area contributed by atoms with Crippen LogP contribution in [-0.4, -0.2) is 72.3 Å². The number of carbonyl (C=O) groups excluding carboxylic acids is 3. The van der Waals surface area contributed by atoms with Crippen molar-refractivity contribution in [2.45, 2.75) is 27.7 Å². The van der Waals surface area contributed by atoms with Gasteiger partial charge in [-0.3, -0.25) is 14.4 Å². The van der Waals surface area contributed by atoms with Gasteiger partial charge in [0.15, 0.2) is 0 Å². The van der Waals surface area contributed by atoms with E-state index in [2.05, 4.69) is 40.7 Å². The number of nitrogens with one attached hydrogen (secondary N) is 3. The summed E-state index contributed by atoms with van der Waals surface area (Å²) in [6, 6.07) is 5.15. The number of likely N-dealkylation sites (N-methyl/N-ethyl adjacent to an activating group) is 1. The maximum atomic E-state index is 13.4. The number of piperazine rings is 1. The lowest BCUT2D eigenvalue weighted by atomic mass is 10.0. The number of H-pyrrole nitrogens is 1. The van der Waals surface area contributed by atoms with Gasteiger partial charge in [0, 0.05) is 60.9 Å². The van der Waals surface area contributed by atoms with Crippen LogP contribution in [0, 0.1) is 13.8 Å². The first kappa shape index (κ1) is 31.3. The minimum atomic E-state index is -0.268. The number of benzene rings is 1. The zero-order valence-corrected chi connectivity index (χ0v) is 25.8. The third-order valence-corrected chi connectivity index (χ3v) is 7.85. The van der Waals surface area contributed by atoms with E-state index in [1.54, 1.807) is 30.4 Å². The number of aryl methyl sites for hydroxylation is 1. The summed E-state index contributed by atoms with van der Waals surface area (Å²) in [4.78, 5) is 46.9. The van der Waals surface area contributed by atoms with E-state index < -0.39 is 0 Å². The van der Waals surface area contributed by atoms with Crippen molar-refractivity contribution >= 4 is 35.1 Å². The number of aromatic amines is 1. The first-order valence-electron chi connectivity index (χ1n) is 14.5. The maximum absolute atomic E-state index is 13.4. The quantitative estimate of drug-likeness (QED) is 0.273. The van der Waals surface area contributed by atoms with Gasteiger partial charge in [-0.15, -0.1) is 0 Å². The second-order valence-corrected chi connectivity index (χ2v) is 11.1. The Morgan fingerprint density at radius 3 is 2.51 bits per heavy atom. The largest absolute Gasteiger partial charge is 0.358 e. The number of hydrogen-bond donors (Lipinski definition) is 3. The molecule has 8 heteroatoms. The summed E-state index contributed by atoms with van der Waals surface area (Å²) in [6.45, 7) is 18.9. The van der Waals surface area contributed by atoms with Gasteiger partial charge >= 0.3 is 0 Å². The molecular formula is C35H41N5O3. The topological polar surface area (TPSA) is 97.5 Å². The standard InChI is InChI=1S/C35H41N5O3/c1-8-10-11-26(22(3)4)18-25(9-2)21-36-33(41)27-12-13-30-28(19-27)29(34(42)38-30)20-31-23(5)32(24(6)37-31)35(43)40-16-14-39(7)15-17-40/h8-13,18-20,37H,2-3,14-17,21H2,1,4-7H3,(H,36,41)(H,38,42)/b10-8-,25-18+,26-11-,29-20-. The Morgan fingerprint density at radius 2 is 1.86 bits per heavy atom. The lowest BCUT2D eigenvalue weighted by Crippen LogP contribution is -2.47. The molecule has 1 saturated heterocycles. The molecule has 3 N–H and O–H groups in total. The summed E-state index contributed by atoms with van der Waals surface area (Å²) in [5, 5.41) is 5.84. The average Bonchev–Trinajstić information content (AvgIpc) is 3.45. The molecule has 0 bridgehead atoms. The van der Waals surface area contributed by atoms with Gasteiger partial charge in [-0.25, -0.2) is 0 Å². The van der Waals surface area contributed by atoms with Crippen molar-refractivity contribution in [2.24, 2.45) is 0 Å². The number of aromatic nitrogens is 1. The molecule has 1 aromatic heterocycles. The van der Waals surface area contributed by atoms with Crippen LogP contribution >= 0.6 is 0 Å². The predicted molar refractivity (Wildman–Crippen MR) is 175 cm³/mol. The van der Waals surface area contributed by atoms with E-state index >= 15 is 0 Å². The molecule has 3 amide bonds. The average molecular weight is 580 g/mol. The van der Waals surface area contributed by atoms with Crippen LogP contribution in [-0.2, 0) is 4.79 Å². The van der Waals surface area contributed by atoms with E-state index in [-0.39, 0.29) is 24.3 Å². The van der Waals surface area contributed by atoms with Crippen LogP contribution in [0.25, 0.3) is 11.6 Å². The fourth-order valence-corrected chi connectivity index (χ4v) is 5.20. The number of nitrogens with zero attached hydrogens (tertiary/aromatic N) is 2. The van der Waals surface area contributed by atoms with Crippen molar-refractivity contribution < 1.29 is 14.4 Å². The highest BCUT2D eigenvalue weighted by atomic mass is 16.2. The van der Waals surface area contributed by atoms with E-state index in [0.717, 1.165) is 41.1 Å². The third-order valence-electron chi connectivity index (χ3n) is 7.85. The minimum Gasteiger partial charge on any atom is -0.358 e. The summed E-state index contributed by atoms with van der Waals surface area (Å²) < 4.78 is 0. The van der Waals surface area contributed by atoms with Gasteiger partial charge < -0.3 is 25.4 Å². The Labute approximate surface area is 254 Å². The van der Waals surface area contributed by atoms with Crippen molar-refractivity contribution in [2.75, 3.05) is 45.1 Å². The zero-order valence-electron chi connectivity index (χ0n) is 25.8. The molecule has 1 fully saturated rings.